The van der Waals surface area contributed by atoms with Crippen LogP contribution < -0.4 is 16.4 Å². The van der Waals surface area contributed by atoms with Crippen LogP contribution in [0, 0.1) is 5.92 Å². The summed E-state index contributed by atoms with van der Waals surface area (Å²) in [7, 11) is 0. The normalized spacial score (nSPS) is 22.9. The van der Waals surface area contributed by atoms with Crippen LogP contribution in [0.3, 0.4) is 0 Å². The van der Waals surface area contributed by atoms with Crippen molar-refractivity contribution in [2.45, 2.75) is 39.2 Å². The number of aliphatic imine (C=N–C) groups is 1. The first-order chi connectivity index (χ1) is 13.1. The second-order valence-electron chi connectivity index (χ2n) is 7.54. The predicted octanol–water partition coefficient (Wildman–Crippen LogP) is 0.468. The second-order valence-corrected chi connectivity index (χ2v) is 7.54. The van der Waals surface area contributed by atoms with Crippen LogP contribution in [-0.2, 0) is 9.53 Å². The standard InChI is InChI=1S/C19H38N6O2.HI/c1-3-21-19(23-14-16(2)25-10-12-27-13-11-25)22-7-5-9-24-8-4-6-17(15-24)18(20)26;/h16-17H,3-15H2,1-2H3,(H2,20,26)(H2,21,22,23);1H. The van der Waals surface area contributed by atoms with E-state index in [-0.39, 0.29) is 35.8 Å². The van der Waals surface area contributed by atoms with E-state index in [0.717, 1.165) is 90.8 Å². The van der Waals surface area contributed by atoms with Crippen LogP contribution in [-0.4, -0.2) is 93.3 Å². The van der Waals surface area contributed by atoms with E-state index < -0.39 is 0 Å². The summed E-state index contributed by atoms with van der Waals surface area (Å²) in [4.78, 5) is 20.9. The first-order valence-electron chi connectivity index (χ1n) is 10.5. The Labute approximate surface area is 187 Å². The number of rotatable bonds is 9. The summed E-state index contributed by atoms with van der Waals surface area (Å²) in [6.45, 7) is 13.3. The van der Waals surface area contributed by atoms with E-state index >= 15 is 0 Å². The predicted molar refractivity (Wildman–Crippen MR) is 124 cm³/mol. The van der Waals surface area contributed by atoms with E-state index in [1.54, 1.807) is 0 Å². The van der Waals surface area contributed by atoms with Crippen LogP contribution in [0.25, 0.3) is 0 Å². The SMILES string of the molecule is CCNC(=NCC(C)N1CCOCC1)NCCCN1CCCC(C(N)=O)C1.I. The molecule has 2 fully saturated rings. The van der Waals surface area contributed by atoms with Crippen molar-refractivity contribution < 1.29 is 9.53 Å². The van der Waals surface area contributed by atoms with E-state index in [4.69, 9.17) is 15.5 Å². The van der Waals surface area contributed by atoms with Gasteiger partial charge in [0, 0.05) is 38.8 Å². The molecular weight excluding hydrogens is 471 g/mol. The zero-order valence-corrected chi connectivity index (χ0v) is 19.8. The number of guanidine groups is 1. The van der Waals surface area contributed by atoms with Crippen LogP contribution in [0.15, 0.2) is 4.99 Å². The van der Waals surface area contributed by atoms with Crippen molar-refractivity contribution in [3.05, 3.63) is 0 Å². The summed E-state index contributed by atoms with van der Waals surface area (Å²) in [5.74, 6) is 0.743. The molecule has 2 aliphatic heterocycles. The molecule has 0 saturated carbocycles. The quantitative estimate of drug-likeness (QED) is 0.181. The number of nitrogens with two attached hydrogens (primary N) is 1. The molecule has 9 heteroatoms. The van der Waals surface area contributed by atoms with Gasteiger partial charge in [0.2, 0.25) is 5.91 Å². The van der Waals surface area contributed by atoms with Gasteiger partial charge in [-0.1, -0.05) is 0 Å². The van der Waals surface area contributed by atoms with Gasteiger partial charge in [0.05, 0.1) is 25.7 Å². The fraction of sp³-hybridized carbons (Fsp3) is 0.895. The zero-order valence-electron chi connectivity index (χ0n) is 17.5. The highest BCUT2D eigenvalue weighted by atomic mass is 127. The van der Waals surface area contributed by atoms with Gasteiger partial charge in [0.25, 0.3) is 0 Å². The Morgan fingerprint density at radius 3 is 2.71 bits per heavy atom. The lowest BCUT2D eigenvalue weighted by Crippen LogP contribution is -2.45. The Kier molecular flexibility index (Phi) is 13.0. The number of hydrogen-bond acceptors (Lipinski definition) is 5. The maximum absolute atomic E-state index is 11.4. The molecule has 1 amide bonds. The van der Waals surface area contributed by atoms with E-state index in [1.807, 2.05) is 0 Å². The van der Waals surface area contributed by atoms with Crippen LogP contribution >= 0.6 is 24.0 Å². The number of carbonyl (C=O) groups excluding carboxylic acids is 1. The summed E-state index contributed by atoms with van der Waals surface area (Å²) in [5, 5.41) is 6.75. The van der Waals surface area contributed by atoms with E-state index in [0.29, 0.717) is 6.04 Å². The van der Waals surface area contributed by atoms with E-state index in [2.05, 4.69) is 34.3 Å². The number of amides is 1. The van der Waals surface area contributed by atoms with E-state index in [1.165, 1.54) is 0 Å². The lowest BCUT2D eigenvalue weighted by Gasteiger charge is -2.31. The van der Waals surface area contributed by atoms with Gasteiger partial charge in [-0.05, 0) is 46.2 Å². The molecule has 8 nitrogen and oxygen atoms in total. The van der Waals surface area contributed by atoms with Gasteiger partial charge in [-0.15, -0.1) is 24.0 Å². The largest absolute Gasteiger partial charge is 0.379 e. The van der Waals surface area contributed by atoms with Crippen LogP contribution in [0.5, 0.6) is 0 Å². The molecule has 4 N–H and O–H groups in total. The number of ether oxygens (including phenoxy) is 1. The fourth-order valence-electron chi connectivity index (χ4n) is 3.70. The van der Waals surface area contributed by atoms with Gasteiger partial charge in [-0.2, -0.15) is 0 Å². The molecule has 2 aliphatic rings. The number of carbonyl (C=O) groups is 1. The molecule has 0 aromatic heterocycles. The number of likely N-dealkylation sites (tertiary alicyclic amines) is 1. The minimum absolute atomic E-state index is 0. The second kappa shape index (κ2) is 14.4. The van der Waals surface area contributed by atoms with Crippen molar-refractivity contribution in [3.8, 4) is 0 Å². The molecule has 2 rings (SSSR count). The summed E-state index contributed by atoms with van der Waals surface area (Å²) in [6.07, 6.45) is 3.02. The Hall–Kier alpha value is -0.650. The minimum atomic E-state index is -0.159. The zero-order chi connectivity index (χ0) is 19.5. The Morgan fingerprint density at radius 2 is 2.04 bits per heavy atom. The number of morpholine rings is 1. The van der Waals surface area contributed by atoms with Gasteiger partial charge in [-0.25, -0.2) is 0 Å². The van der Waals surface area contributed by atoms with Crippen molar-refractivity contribution in [1.29, 1.82) is 0 Å². The molecule has 164 valence electrons. The Bertz CT molecular complexity index is 473. The molecule has 0 aromatic carbocycles. The highest BCUT2D eigenvalue weighted by molar-refractivity contribution is 14.0. The number of piperidine rings is 1. The molecule has 0 radical (unpaired) electrons. The van der Waals surface area contributed by atoms with Crippen LogP contribution in [0.2, 0.25) is 0 Å². The number of nitrogens with one attached hydrogen (secondary N) is 2. The van der Waals surface area contributed by atoms with Crippen molar-refractivity contribution in [2.24, 2.45) is 16.6 Å². The smallest absolute Gasteiger partial charge is 0.221 e. The third-order valence-electron chi connectivity index (χ3n) is 5.38. The molecule has 0 aromatic rings. The maximum Gasteiger partial charge on any atom is 0.221 e. The van der Waals surface area contributed by atoms with Gasteiger partial charge in [-0.3, -0.25) is 14.7 Å². The molecule has 2 atom stereocenters. The molecule has 28 heavy (non-hydrogen) atoms. The van der Waals surface area contributed by atoms with Gasteiger partial charge in [0.1, 0.15) is 0 Å². The van der Waals surface area contributed by atoms with Gasteiger partial charge < -0.3 is 26.0 Å². The van der Waals surface area contributed by atoms with Gasteiger partial charge in [0.15, 0.2) is 5.96 Å². The lowest BCUT2D eigenvalue weighted by molar-refractivity contribution is -0.123. The molecule has 2 saturated heterocycles. The number of nitrogens with zero attached hydrogens (tertiary/aromatic N) is 3. The highest BCUT2D eigenvalue weighted by Crippen LogP contribution is 2.15. The summed E-state index contributed by atoms with van der Waals surface area (Å²) in [5.41, 5.74) is 5.46. The average Bonchev–Trinajstić information content (AvgIpc) is 2.69. The highest BCUT2D eigenvalue weighted by Gasteiger charge is 2.23. The number of hydrogen-bond donors (Lipinski definition) is 3. The Balaban J connectivity index is 0.00000392. The van der Waals surface area contributed by atoms with Crippen molar-refractivity contribution in [2.75, 3.05) is 65.6 Å². The summed E-state index contributed by atoms with van der Waals surface area (Å²) in [6, 6.07) is 0.420. The summed E-state index contributed by atoms with van der Waals surface area (Å²) >= 11 is 0. The maximum atomic E-state index is 11.4. The van der Waals surface area contributed by atoms with Crippen LogP contribution in [0.4, 0.5) is 0 Å². The molecular formula is C19H39IN6O2. The van der Waals surface area contributed by atoms with Crippen molar-refractivity contribution >= 4 is 35.8 Å². The third-order valence-corrected chi connectivity index (χ3v) is 5.38. The van der Waals surface area contributed by atoms with Crippen molar-refractivity contribution in [3.63, 3.8) is 0 Å². The van der Waals surface area contributed by atoms with E-state index in [9.17, 15) is 4.79 Å². The van der Waals surface area contributed by atoms with Crippen molar-refractivity contribution in [1.82, 2.24) is 20.4 Å². The fourth-order valence-corrected chi connectivity index (χ4v) is 3.70. The first-order valence-corrected chi connectivity index (χ1v) is 10.5. The molecule has 2 heterocycles. The molecule has 0 aliphatic carbocycles. The topological polar surface area (TPSA) is 95.2 Å². The Morgan fingerprint density at radius 1 is 1.29 bits per heavy atom. The first kappa shape index (κ1) is 25.4. The van der Waals surface area contributed by atoms with Crippen LogP contribution in [0.1, 0.15) is 33.1 Å². The lowest BCUT2D eigenvalue weighted by atomic mass is 9.97. The third kappa shape index (κ3) is 9.23. The monoisotopic (exact) mass is 510 g/mol. The van der Waals surface area contributed by atoms with Gasteiger partial charge >= 0.3 is 0 Å². The average molecular weight is 510 g/mol. The number of halogens is 1. The molecule has 2 unspecified atom stereocenters. The minimum Gasteiger partial charge on any atom is -0.379 e. The summed E-state index contributed by atoms with van der Waals surface area (Å²) < 4.78 is 5.42. The molecule has 0 spiro atoms. The molecule has 0 bridgehead atoms. The number of primary amides is 1.